The van der Waals surface area contributed by atoms with Crippen molar-refractivity contribution in [2.24, 2.45) is 5.92 Å². The van der Waals surface area contributed by atoms with Gasteiger partial charge in [-0.05, 0) is 49.8 Å². The minimum absolute atomic E-state index is 0.0248. The molecule has 3 nitrogen and oxygen atoms in total. The lowest BCUT2D eigenvalue weighted by atomic mass is 9.78. The van der Waals surface area contributed by atoms with E-state index in [9.17, 15) is 9.90 Å². The van der Waals surface area contributed by atoms with E-state index in [0.717, 1.165) is 25.7 Å². The molecule has 110 valence electrons. The molecule has 0 bridgehead atoms. The largest absolute Gasteiger partial charge is 0.508 e. The number of carbonyl (C=O) groups is 1. The van der Waals surface area contributed by atoms with Gasteiger partial charge in [0.2, 0.25) is 0 Å². The zero-order valence-electron chi connectivity index (χ0n) is 11.5. The maximum absolute atomic E-state index is 12.4. The van der Waals surface area contributed by atoms with Gasteiger partial charge < -0.3 is 10.4 Å². The zero-order valence-corrected chi connectivity index (χ0v) is 13.0. The first kappa shape index (κ1) is 15.5. The second-order valence-corrected chi connectivity index (χ2v) is 6.39. The third-order valence-corrected chi connectivity index (χ3v) is 4.90. The average molecular weight is 316 g/mol. The molecule has 0 aliphatic heterocycles. The smallest absolute Gasteiger partial charge is 0.253 e. The Morgan fingerprint density at radius 3 is 2.70 bits per heavy atom. The van der Waals surface area contributed by atoms with Crippen molar-refractivity contribution >= 4 is 29.1 Å². The van der Waals surface area contributed by atoms with Gasteiger partial charge in [0.25, 0.3) is 5.91 Å². The summed E-state index contributed by atoms with van der Waals surface area (Å²) in [5.41, 5.74) is -0.0743. The fraction of sp³-hybridized carbons (Fsp3) is 0.533. The number of halogens is 2. The molecule has 1 amide bonds. The highest BCUT2D eigenvalue weighted by Crippen LogP contribution is 2.33. The lowest BCUT2D eigenvalue weighted by Crippen LogP contribution is -2.52. The van der Waals surface area contributed by atoms with E-state index in [0.29, 0.717) is 16.8 Å². The van der Waals surface area contributed by atoms with Crippen molar-refractivity contribution < 1.29 is 9.90 Å². The minimum atomic E-state index is -0.361. The molecule has 5 heteroatoms. The molecule has 0 radical (unpaired) electrons. The number of aromatic hydroxyl groups is 1. The van der Waals surface area contributed by atoms with Crippen LogP contribution in [0.1, 0.15) is 43.0 Å². The maximum atomic E-state index is 12.4. The van der Waals surface area contributed by atoms with E-state index >= 15 is 0 Å². The molecule has 0 atom stereocenters. The van der Waals surface area contributed by atoms with Crippen LogP contribution < -0.4 is 5.32 Å². The Morgan fingerprint density at radius 1 is 1.45 bits per heavy atom. The summed E-state index contributed by atoms with van der Waals surface area (Å²) in [5.74, 6) is 0.812. The van der Waals surface area contributed by atoms with E-state index in [4.69, 9.17) is 23.2 Å². The second-order valence-electron chi connectivity index (χ2n) is 5.71. The van der Waals surface area contributed by atoms with E-state index in [1.165, 1.54) is 18.2 Å². The molecular weight excluding hydrogens is 297 g/mol. The molecular formula is C15H19Cl2NO2. The van der Waals surface area contributed by atoms with Gasteiger partial charge in [-0.2, -0.15) is 0 Å². The topological polar surface area (TPSA) is 49.3 Å². The van der Waals surface area contributed by atoms with Crippen molar-refractivity contribution in [3.05, 3.63) is 28.8 Å². The van der Waals surface area contributed by atoms with Gasteiger partial charge in [-0.1, -0.05) is 18.5 Å². The van der Waals surface area contributed by atoms with Gasteiger partial charge in [-0.25, -0.2) is 0 Å². The molecule has 1 aromatic carbocycles. The van der Waals surface area contributed by atoms with Gasteiger partial charge in [0.15, 0.2) is 0 Å². The number of rotatable bonds is 3. The second kappa shape index (κ2) is 6.23. The number of nitrogens with one attached hydrogen (secondary N) is 1. The maximum Gasteiger partial charge on any atom is 0.253 e. The molecule has 2 rings (SSSR count). The zero-order chi connectivity index (χ0) is 14.8. The summed E-state index contributed by atoms with van der Waals surface area (Å²) in [6.45, 7) is 2.21. The van der Waals surface area contributed by atoms with Crippen LogP contribution in [0, 0.1) is 5.92 Å². The molecule has 0 saturated heterocycles. The van der Waals surface area contributed by atoms with Crippen molar-refractivity contribution in [3.8, 4) is 5.75 Å². The standard InChI is InChI=1S/C15H19Cl2NO2/c1-10-4-6-15(9-16,7-5-10)18-14(20)12-8-11(19)2-3-13(12)17/h2-3,8,10,19H,4-7,9H2,1H3,(H,18,20). The first-order valence-electron chi connectivity index (χ1n) is 6.83. The molecule has 20 heavy (non-hydrogen) atoms. The molecule has 1 aromatic rings. The van der Waals surface area contributed by atoms with Crippen LogP contribution in [0.4, 0.5) is 0 Å². The van der Waals surface area contributed by atoms with E-state index in [1.54, 1.807) is 0 Å². The summed E-state index contributed by atoms with van der Waals surface area (Å²) >= 11 is 12.1. The Kier molecular flexibility index (Phi) is 4.82. The Balaban J connectivity index is 2.15. The quantitative estimate of drug-likeness (QED) is 0.829. The summed E-state index contributed by atoms with van der Waals surface area (Å²) in [6.07, 6.45) is 3.86. The van der Waals surface area contributed by atoms with Crippen molar-refractivity contribution in [2.75, 3.05) is 5.88 Å². The van der Waals surface area contributed by atoms with Crippen molar-refractivity contribution in [2.45, 2.75) is 38.1 Å². The molecule has 1 fully saturated rings. The summed E-state index contributed by atoms with van der Waals surface area (Å²) in [5, 5.41) is 12.8. The number of alkyl halides is 1. The number of hydrogen-bond acceptors (Lipinski definition) is 2. The predicted molar refractivity (Wildman–Crippen MR) is 81.7 cm³/mol. The van der Waals surface area contributed by atoms with Gasteiger partial charge in [-0.3, -0.25) is 4.79 Å². The van der Waals surface area contributed by atoms with Crippen LogP contribution in [0.25, 0.3) is 0 Å². The number of hydrogen-bond donors (Lipinski definition) is 2. The van der Waals surface area contributed by atoms with Crippen LogP contribution >= 0.6 is 23.2 Å². The Bertz CT molecular complexity index is 497. The molecule has 1 saturated carbocycles. The van der Waals surface area contributed by atoms with Crippen molar-refractivity contribution in [3.63, 3.8) is 0 Å². The number of phenolic OH excluding ortho intramolecular Hbond substituents is 1. The third-order valence-electron chi connectivity index (χ3n) is 4.06. The SMILES string of the molecule is CC1CCC(CCl)(NC(=O)c2cc(O)ccc2Cl)CC1. The van der Waals surface area contributed by atoms with E-state index < -0.39 is 0 Å². The normalized spacial score (nSPS) is 26.2. The van der Waals surface area contributed by atoms with Crippen LogP contribution in [-0.4, -0.2) is 22.4 Å². The van der Waals surface area contributed by atoms with Crippen molar-refractivity contribution in [1.82, 2.24) is 5.32 Å². The Hall–Kier alpha value is -0.930. The molecule has 1 aliphatic rings. The molecule has 0 aromatic heterocycles. The van der Waals surface area contributed by atoms with E-state index in [-0.39, 0.29) is 22.8 Å². The fourth-order valence-electron chi connectivity index (χ4n) is 2.60. The molecule has 0 unspecified atom stereocenters. The van der Waals surface area contributed by atoms with Gasteiger partial charge in [0.1, 0.15) is 5.75 Å². The Labute approximate surface area is 129 Å². The first-order valence-corrected chi connectivity index (χ1v) is 7.74. The summed E-state index contributed by atoms with van der Waals surface area (Å²) in [4.78, 5) is 12.4. The van der Waals surface area contributed by atoms with E-state index in [2.05, 4.69) is 12.2 Å². The molecule has 1 aliphatic carbocycles. The summed E-state index contributed by atoms with van der Waals surface area (Å²) in [7, 11) is 0. The highest BCUT2D eigenvalue weighted by atomic mass is 35.5. The first-order chi connectivity index (χ1) is 9.46. The van der Waals surface area contributed by atoms with Crippen LogP contribution in [0.15, 0.2) is 18.2 Å². The third kappa shape index (κ3) is 3.39. The summed E-state index contributed by atoms with van der Waals surface area (Å²) < 4.78 is 0. The lowest BCUT2D eigenvalue weighted by Gasteiger charge is -2.38. The van der Waals surface area contributed by atoms with Gasteiger partial charge in [-0.15, -0.1) is 11.6 Å². The van der Waals surface area contributed by atoms with Crippen LogP contribution in [-0.2, 0) is 0 Å². The van der Waals surface area contributed by atoms with Gasteiger partial charge >= 0.3 is 0 Å². The predicted octanol–water partition coefficient (Wildman–Crippen LogP) is 3.96. The molecule has 2 N–H and O–H groups in total. The van der Waals surface area contributed by atoms with Crippen LogP contribution in [0.2, 0.25) is 5.02 Å². The molecule has 0 spiro atoms. The average Bonchev–Trinajstić information content (AvgIpc) is 2.44. The van der Waals surface area contributed by atoms with Crippen LogP contribution in [0.3, 0.4) is 0 Å². The number of carbonyl (C=O) groups excluding carboxylic acids is 1. The fourth-order valence-corrected chi connectivity index (χ4v) is 3.14. The Morgan fingerprint density at radius 2 is 2.10 bits per heavy atom. The number of amides is 1. The van der Waals surface area contributed by atoms with E-state index in [1.807, 2.05) is 0 Å². The van der Waals surface area contributed by atoms with Gasteiger partial charge in [0.05, 0.1) is 16.1 Å². The monoisotopic (exact) mass is 315 g/mol. The number of benzene rings is 1. The summed E-state index contributed by atoms with van der Waals surface area (Å²) in [6, 6.07) is 4.35. The van der Waals surface area contributed by atoms with Crippen LogP contribution in [0.5, 0.6) is 5.75 Å². The highest BCUT2D eigenvalue weighted by Gasteiger charge is 2.35. The van der Waals surface area contributed by atoms with Gasteiger partial charge in [0, 0.05) is 5.88 Å². The van der Waals surface area contributed by atoms with Crippen molar-refractivity contribution in [1.29, 1.82) is 0 Å². The minimum Gasteiger partial charge on any atom is -0.508 e. The number of phenols is 1. The lowest BCUT2D eigenvalue weighted by molar-refractivity contribution is 0.0872. The highest BCUT2D eigenvalue weighted by molar-refractivity contribution is 6.34. The molecule has 0 heterocycles.